The molecule has 4 nitrogen and oxygen atoms in total. The second kappa shape index (κ2) is 8.11. The van der Waals surface area contributed by atoms with Gasteiger partial charge in [-0.05, 0) is 37.5 Å². The zero-order valence-electron chi connectivity index (χ0n) is 12.5. The van der Waals surface area contributed by atoms with Crippen LogP contribution in [0.2, 0.25) is 5.02 Å². The highest BCUT2D eigenvalue weighted by atomic mass is 35.5. The van der Waals surface area contributed by atoms with Gasteiger partial charge in [-0.3, -0.25) is 0 Å². The molecule has 3 N–H and O–H groups in total. The van der Waals surface area contributed by atoms with Crippen LogP contribution in [0.3, 0.4) is 0 Å². The highest BCUT2D eigenvalue weighted by Crippen LogP contribution is 2.19. The second-order valence-corrected chi connectivity index (χ2v) is 6.32. The number of nitrogens with one attached hydrogen (secondary N) is 1. The number of benzene rings is 1. The maximum atomic E-state index is 10.1. The third kappa shape index (κ3) is 5.57. The van der Waals surface area contributed by atoms with Crippen LogP contribution in [0.1, 0.15) is 31.4 Å². The molecule has 1 aliphatic heterocycles. The van der Waals surface area contributed by atoms with Crippen LogP contribution >= 0.6 is 11.6 Å². The first-order valence-electron chi connectivity index (χ1n) is 7.61. The molecule has 1 aliphatic rings. The number of ether oxygens (including phenoxy) is 1. The molecule has 0 radical (unpaired) electrons. The summed E-state index contributed by atoms with van der Waals surface area (Å²) in [4.78, 5) is 1.25. The van der Waals surface area contributed by atoms with Crippen LogP contribution in [0.4, 0.5) is 0 Å². The van der Waals surface area contributed by atoms with E-state index in [1.807, 2.05) is 31.2 Å². The van der Waals surface area contributed by atoms with Gasteiger partial charge in [-0.25, -0.2) is 0 Å². The first-order chi connectivity index (χ1) is 10.0. The summed E-state index contributed by atoms with van der Waals surface area (Å²) in [6.07, 6.45) is 1.10. The molecule has 2 rings (SSSR count). The molecule has 1 saturated heterocycles. The number of aliphatic hydroxyl groups is 2. The van der Waals surface area contributed by atoms with Crippen molar-refractivity contribution in [3.63, 3.8) is 0 Å². The largest absolute Gasteiger partial charge is 0.387 e. The number of halogens is 1. The van der Waals surface area contributed by atoms with E-state index in [2.05, 4.69) is 0 Å². The van der Waals surface area contributed by atoms with Crippen molar-refractivity contribution in [3.8, 4) is 0 Å². The van der Waals surface area contributed by atoms with E-state index in [1.165, 1.54) is 4.90 Å². The Hall–Kier alpha value is -0.650. The highest BCUT2D eigenvalue weighted by molar-refractivity contribution is 6.30. The highest BCUT2D eigenvalue weighted by Gasteiger charge is 2.23. The number of hydrogen-bond donors (Lipinski definition) is 3. The second-order valence-electron chi connectivity index (χ2n) is 5.89. The van der Waals surface area contributed by atoms with Gasteiger partial charge >= 0.3 is 0 Å². The summed E-state index contributed by atoms with van der Waals surface area (Å²) >= 11 is 5.86. The summed E-state index contributed by atoms with van der Waals surface area (Å²) in [7, 11) is 0. The molecule has 0 spiro atoms. The van der Waals surface area contributed by atoms with Crippen LogP contribution in [0, 0.1) is 0 Å². The molecule has 1 aromatic carbocycles. The van der Waals surface area contributed by atoms with E-state index in [1.54, 1.807) is 0 Å². The van der Waals surface area contributed by atoms with Crippen molar-refractivity contribution in [1.82, 2.24) is 0 Å². The van der Waals surface area contributed by atoms with Gasteiger partial charge in [-0.1, -0.05) is 23.7 Å². The third-order valence-corrected chi connectivity index (χ3v) is 4.25. The number of aliphatic hydroxyl groups excluding tert-OH is 2. The van der Waals surface area contributed by atoms with E-state index >= 15 is 0 Å². The van der Waals surface area contributed by atoms with Crippen molar-refractivity contribution >= 4 is 11.6 Å². The van der Waals surface area contributed by atoms with Crippen LogP contribution in [-0.4, -0.2) is 48.7 Å². The lowest BCUT2D eigenvalue weighted by Gasteiger charge is -2.28. The van der Waals surface area contributed by atoms with E-state index in [9.17, 15) is 10.2 Å². The van der Waals surface area contributed by atoms with Gasteiger partial charge in [0.1, 0.15) is 25.3 Å². The van der Waals surface area contributed by atoms with Crippen molar-refractivity contribution in [2.24, 2.45) is 0 Å². The Morgan fingerprint density at radius 3 is 2.76 bits per heavy atom. The minimum atomic E-state index is -0.500. The molecule has 5 heteroatoms. The lowest BCUT2D eigenvalue weighted by Crippen LogP contribution is -3.15. The Bertz CT molecular complexity index is 426. The summed E-state index contributed by atoms with van der Waals surface area (Å²) in [6, 6.07) is 7.55. The van der Waals surface area contributed by atoms with Gasteiger partial charge in [0.15, 0.2) is 0 Å². The van der Waals surface area contributed by atoms with Crippen LogP contribution in [0.25, 0.3) is 0 Å². The molecule has 0 aromatic heterocycles. The van der Waals surface area contributed by atoms with Crippen molar-refractivity contribution in [3.05, 3.63) is 34.9 Å². The first-order valence-corrected chi connectivity index (χ1v) is 7.99. The fraction of sp³-hybridized carbons (Fsp3) is 0.625. The molecule has 4 atom stereocenters. The Balaban J connectivity index is 1.72. The van der Waals surface area contributed by atoms with Crippen molar-refractivity contribution < 1.29 is 19.8 Å². The van der Waals surface area contributed by atoms with Gasteiger partial charge in [0.2, 0.25) is 0 Å². The van der Waals surface area contributed by atoms with E-state index < -0.39 is 6.10 Å². The Morgan fingerprint density at radius 1 is 1.38 bits per heavy atom. The summed E-state index contributed by atoms with van der Waals surface area (Å²) < 4.78 is 5.73. The maximum absolute atomic E-state index is 10.1. The predicted octanol–water partition coefficient (Wildman–Crippen LogP) is 0.818. The average Bonchev–Trinajstić information content (AvgIpc) is 2.45. The number of piperidine rings is 1. The zero-order chi connectivity index (χ0) is 15.2. The Labute approximate surface area is 131 Å². The molecular weight excluding hydrogens is 290 g/mol. The Morgan fingerprint density at radius 2 is 2.10 bits per heavy atom. The van der Waals surface area contributed by atoms with Crippen LogP contribution in [0.5, 0.6) is 0 Å². The van der Waals surface area contributed by atoms with Gasteiger partial charge < -0.3 is 19.8 Å². The Kier molecular flexibility index (Phi) is 6.45. The molecule has 21 heavy (non-hydrogen) atoms. The van der Waals surface area contributed by atoms with Gasteiger partial charge in [0, 0.05) is 5.02 Å². The molecule has 1 fully saturated rings. The van der Waals surface area contributed by atoms with Crippen LogP contribution in [0.15, 0.2) is 24.3 Å². The van der Waals surface area contributed by atoms with Crippen molar-refractivity contribution in [1.29, 1.82) is 0 Å². The van der Waals surface area contributed by atoms with Gasteiger partial charge in [0.25, 0.3) is 0 Å². The minimum absolute atomic E-state index is 0.0705. The number of quaternary nitrogens is 1. The number of rotatable bonds is 6. The molecular formula is C16H25ClNO3+. The number of likely N-dealkylation sites (tertiary alicyclic amines) is 1. The fourth-order valence-electron chi connectivity index (χ4n) is 2.79. The molecule has 118 valence electrons. The molecule has 0 amide bonds. The average molecular weight is 315 g/mol. The lowest BCUT2D eigenvalue weighted by molar-refractivity contribution is -0.911. The normalized spacial score (nSPS) is 25.5. The van der Waals surface area contributed by atoms with Crippen molar-refractivity contribution in [2.45, 2.75) is 38.1 Å². The number of hydrogen-bond acceptors (Lipinski definition) is 3. The van der Waals surface area contributed by atoms with Crippen LogP contribution < -0.4 is 4.90 Å². The SMILES string of the molecule is C[C@@H](OC[C@H](O)C[NH+]1CCC[C@H](O)C1)c1ccc(Cl)cc1. The predicted molar refractivity (Wildman–Crippen MR) is 82.6 cm³/mol. The molecule has 1 heterocycles. The van der Waals surface area contributed by atoms with E-state index in [4.69, 9.17) is 16.3 Å². The summed E-state index contributed by atoms with van der Waals surface area (Å²) in [5.41, 5.74) is 1.05. The van der Waals surface area contributed by atoms with E-state index in [0.29, 0.717) is 18.2 Å². The van der Waals surface area contributed by atoms with Crippen LogP contribution in [-0.2, 0) is 4.74 Å². The lowest BCUT2D eigenvalue weighted by atomic mass is 10.1. The van der Waals surface area contributed by atoms with E-state index in [-0.39, 0.29) is 12.2 Å². The zero-order valence-corrected chi connectivity index (χ0v) is 13.2. The molecule has 1 aromatic rings. The smallest absolute Gasteiger partial charge is 0.126 e. The summed E-state index contributed by atoms with van der Waals surface area (Å²) in [5.74, 6) is 0. The van der Waals surface area contributed by atoms with Crippen molar-refractivity contribution in [2.75, 3.05) is 26.2 Å². The standard InChI is InChI=1S/C16H24ClNO3/c1-12(13-4-6-14(17)7-5-13)21-11-16(20)10-18-8-2-3-15(19)9-18/h4-7,12,15-16,19-20H,2-3,8-11H2,1H3/p+1/t12-,15+,16-/m1/s1. The molecule has 0 bridgehead atoms. The van der Waals surface area contributed by atoms with Gasteiger partial charge in [-0.2, -0.15) is 0 Å². The van der Waals surface area contributed by atoms with E-state index in [0.717, 1.165) is 31.5 Å². The van der Waals surface area contributed by atoms with Gasteiger partial charge in [0.05, 0.1) is 19.3 Å². The maximum Gasteiger partial charge on any atom is 0.126 e. The molecule has 1 unspecified atom stereocenters. The monoisotopic (exact) mass is 314 g/mol. The summed E-state index contributed by atoms with van der Waals surface area (Å²) in [6.45, 7) is 4.64. The topological polar surface area (TPSA) is 54.1 Å². The van der Waals surface area contributed by atoms with Gasteiger partial charge in [-0.15, -0.1) is 0 Å². The first kappa shape index (κ1) is 16.7. The minimum Gasteiger partial charge on any atom is -0.387 e. The third-order valence-electron chi connectivity index (χ3n) is 3.99. The molecule has 0 saturated carbocycles. The fourth-order valence-corrected chi connectivity index (χ4v) is 2.91. The summed E-state index contributed by atoms with van der Waals surface area (Å²) in [5, 5.41) is 20.4. The quantitative estimate of drug-likeness (QED) is 0.728. The molecule has 0 aliphatic carbocycles.